The number of hydrogen-bond donors (Lipinski definition) is 1. The van der Waals surface area contributed by atoms with Crippen molar-refractivity contribution in [3.63, 3.8) is 0 Å². The van der Waals surface area contributed by atoms with E-state index in [2.05, 4.69) is 15.0 Å². The van der Waals surface area contributed by atoms with E-state index in [9.17, 15) is 8.78 Å². The minimum absolute atomic E-state index is 0.229. The molecule has 0 aromatic heterocycles. The molecule has 1 aromatic carbocycles. The van der Waals surface area contributed by atoms with Gasteiger partial charge in [-0.25, -0.2) is 0 Å². The molecule has 0 spiro atoms. The van der Waals surface area contributed by atoms with Gasteiger partial charge in [0.05, 0.1) is 0 Å². The largest absolute Gasteiger partial charge is 0.435 e. The minimum Gasteiger partial charge on any atom is -0.435 e. The van der Waals surface area contributed by atoms with Gasteiger partial charge in [0, 0.05) is 32.7 Å². The zero-order chi connectivity index (χ0) is 12.1. The van der Waals surface area contributed by atoms with E-state index in [4.69, 9.17) is 0 Å². The van der Waals surface area contributed by atoms with Crippen LogP contribution in [0, 0.1) is 0 Å². The Bertz CT molecular complexity index is 354. The second kappa shape index (κ2) is 5.93. The van der Waals surface area contributed by atoms with Gasteiger partial charge < -0.3 is 10.1 Å². The van der Waals surface area contributed by atoms with E-state index in [-0.39, 0.29) is 5.75 Å². The van der Waals surface area contributed by atoms with Crippen molar-refractivity contribution in [3.8, 4) is 5.75 Å². The lowest BCUT2D eigenvalue weighted by Gasteiger charge is -2.27. The van der Waals surface area contributed by atoms with Crippen molar-refractivity contribution in [3.05, 3.63) is 29.8 Å². The molecule has 0 atom stereocenters. The first-order chi connectivity index (χ1) is 8.24. The van der Waals surface area contributed by atoms with Crippen molar-refractivity contribution < 1.29 is 13.5 Å². The maximum atomic E-state index is 12.1. The topological polar surface area (TPSA) is 24.5 Å². The molecule has 1 heterocycles. The van der Waals surface area contributed by atoms with Crippen LogP contribution in [0.3, 0.4) is 0 Å². The molecule has 0 unspecified atom stereocenters. The van der Waals surface area contributed by atoms with Crippen LogP contribution in [0.2, 0.25) is 0 Å². The standard InChI is InChI=1S/C12H16F2N2O/c13-12(14)17-11-3-1-2-10(8-11)9-16-6-4-15-5-7-16/h1-3,8,12,15H,4-7,9H2. The van der Waals surface area contributed by atoms with Gasteiger partial charge in [0.25, 0.3) is 0 Å². The van der Waals surface area contributed by atoms with Crippen LogP contribution in [0.5, 0.6) is 5.75 Å². The fourth-order valence-corrected chi connectivity index (χ4v) is 1.95. The Labute approximate surface area is 99.4 Å². The summed E-state index contributed by atoms with van der Waals surface area (Å²) in [6, 6.07) is 6.90. The van der Waals surface area contributed by atoms with Crippen molar-refractivity contribution in [1.82, 2.24) is 10.2 Å². The first kappa shape index (κ1) is 12.3. The third-order valence-electron chi connectivity index (χ3n) is 2.74. The number of nitrogens with one attached hydrogen (secondary N) is 1. The number of piperazine rings is 1. The van der Waals surface area contributed by atoms with Crippen molar-refractivity contribution >= 4 is 0 Å². The summed E-state index contributed by atoms with van der Waals surface area (Å²) in [6.07, 6.45) is 0. The molecule has 1 N–H and O–H groups in total. The summed E-state index contributed by atoms with van der Waals surface area (Å²) in [4.78, 5) is 2.29. The van der Waals surface area contributed by atoms with Gasteiger partial charge in [0.1, 0.15) is 5.75 Å². The van der Waals surface area contributed by atoms with Crippen LogP contribution in [-0.2, 0) is 6.54 Å². The lowest BCUT2D eigenvalue weighted by Crippen LogP contribution is -2.42. The lowest BCUT2D eigenvalue weighted by atomic mass is 10.2. The third kappa shape index (κ3) is 3.94. The Morgan fingerprint density at radius 2 is 2.06 bits per heavy atom. The molecular formula is C12H16F2N2O. The van der Waals surface area contributed by atoms with Crippen molar-refractivity contribution in [1.29, 1.82) is 0 Å². The Kier molecular flexibility index (Phi) is 4.28. The van der Waals surface area contributed by atoms with E-state index in [1.54, 1.807) is 18.2 Å². The van der Waals surface area contributed by atoms with E-state index in [1.807, 2.05) is 6.07 Å². The molecule has 0 bridgehead atoms. The number of benzene rings is 1. The zero-order valence-electron chi connectivity index (χ0n) is 9.53. The monoisotopic (exact) mass is 242 g/mol. The summed E-state index contributed by atoms with van der Waals surface area (Å²) >= 11 is 0. The normalized spacial score (nSPS) is 17.4. The van der Waals surface area contributed by atoms with Gasteiger partial charge in [-0.15, -0.1) is 0 Å². The fraction of sp³-hybridized carbons (Fsp3) is 0.500. The van der Waals surface area contributed by atoms with Crippen molar-refractivity contribution in [2.45, 2.75) is 13.2 Å². The van der Waals surface area contributed by atoms with Gasteiger partial charge in [-0.3, -0.25) is 4.90 Å². The Hall–Kier alpha value is -1.20. The molecule has 0 aliphatic carbocycles. The highest BCUT2D eigenvalue weighted by atomic mass is 19.3. The van der Waals surface area contributed by atoms with E-state index in [0.29, 0.717) is 0 Å². The molecule has 1 saturated heterocycles. The second-order valence-corrected chi connectivity index (χ2v) is 4.05. The molecule has 94 valence electrons. The molecular weight excluding hydrogens is 226 g/mol. The van der Waals surface area contributed by atoms with Gasteiger partial charge in [0.15, 0.2) is 0 Å². The van der Waals surface area contributed by atoms with Crippen LogP contribution in [0.1, 0.15) is 5.56 Å². The fourth-order valence-electron chi connectivity index (χ4n) is 1.95. The zero-order valence-corrected chi connectivity index (χ0v) is 9.53. The Morgan fingerprint density at radius 3 is 2.76 bits per heavy atom. The number of ether oxygens (including phenoxy) is 1. The average Bonchev–Trinajstić information content (AvgIpc) is 2.30. The van der Waals surface area contributed by atoms with Crippen LogP contribution in [0.15, 0.2) is 24.3 Å². The molecule has 1 aromatic rings. The van der Waals surface area contributed by atoms with E-state index < -0.39 is 6.61 Å². The SMILES string of the molecule is FC(F)Oc1cccc(CN2CCNCC2)c1. The number of nitrogens with zero attached hydrogens (tertiary/aromatic N) is 1. The summed E-state index contributed by atoms with van der Waals surface area (Å²) in [5.74, 6) is 0.229. The summed E-state index contributed by atoms with van der Waals surface area (Å²) in [7, 11) is 0. The smallest absolute Gasteiger partial charge is 0.387 e. The molecule has 1 fully saturated rings. The quantitative estimate of drug-likeness (QED) is 0.869. The molecule has 17 heavy (non-hydrogen) atoms. The first-order valence-electron chi connectivity index (χ1n) is 5.71. The predicted octanol–water partition coefficient (Wildman–Crippen LogP) is 1.69. The minimum atomic E-state index is -2.76. The maximum Gasteiger partial charge on any atom is 0.387 e. The summed E-state index contributed by atoms with van der Waals surface area (Å²) < 4.78 is 28.5. The molecule has 0 radical (unpaired) electrons. The van der Waals surface area contributed by atoms with Crippen molar-refractivity contribution in [2.24, 2.45) is 0 Å². The van der Waals surface area contributed by atoms with Crippen LogP contribution in [-0.4, -0.2) is 37.7 Å². The summed E-state index contributed by atoms with van der Waals surface area (Å²) in [5.41, 5.74) is 1.00. The molecule has 3 nitrogen and oxygen atoms in total. The van der Waals surface area contributed by atoms with Crippen LogP contribution in [0.25, 0.3) is 0 Å². The second-order valence-electron chi connectivity index (χ2n) is 4.05. The molecule has 2 rings (SSSR count). The average molecular weight is 242 g/mol. The third-order valence-corrected chi connectivity index (χ3v) is 2.74. The summed E-state index contributed by atoms with van der Waals surface area (Å²) in [6.45, 7) is 1.95. The Balaban J connectivity index is 1.95. The molecule has 1 aliphatic rings. The molecule has 0 saturated carbocycles. The van der Waals surface area contributed by atoms with Gasteiger partial charge in [0.2, 0.25) is 0 Å². The van der Waals surface area contributed by atoms with Gasteiger partial charge in [-0.05, 0) is 17.7 Å². The predicted molar refractivity (Wildman–Crippen MR) is 61.2 cm³/mol. The van der Waals surface area contributed by atoms with E-state index >= 15 is 0 Å². The number of hydrogen-bond acceptors (Lipinski definition) is 3. The maximum absolute atomic E-state index is 12.1. The van der Waals surface area contributed by atoms with Gasteiger partial charge in [-0.1, -0.05) is 12.1 Å². The highest BCUT2D eigenvalue weighted by Gasteiger charge is 2.10. The van der Waals surface area contributed by atoms with E-state index in [0.717, 1.165) is 38.3 Å². The highest BCUT2D eigenvalue weighted by molar-refractivity contribution is 5.28. The molecule has 0 amide bonds. The summed E-state index contributed by atoms with van der Waals surface area (Å²) in [5, 5.41) is 3.27. The Morgan fingerprint density at radius 1 is 1.29 bits per heavy atom. The van der Waals surface area contributed by atoms with Crippen molar-refractivity contribution in [2.75, 3.05) is 26.2 Å². The van der Waals surface area contributed by atoms with Crippen LogP contribution in [0.4, 0.5) is 8.78 Å². The number of rotatable bonds is 4. The van der Waals surface area contributed by atoms with Gasteiger partial charge >= 0.3 is 6.61 Å². The van der Waals surface area contributed by atoms with Crippen LogP contribution < -0.4 is 10.1 Å². The van der Waals surface area contributed by atoms with E-state index in [1.165, 1.54) is 0 Å². The lowest BCUT2D eigenvalue weighted by molar-refractivity contribution is -0.0499. The molecule has 5 heteroatoms. The van der Waals surface area contributed by atoms with Gasteiger partial charge in [-0.2, -0.15) is 8.78 Å². The highest BCUT2D eigenvalue weighted by Crippen LogP contribution is 2.17. The number of alkyl halides is 2. The molecule has 1 aliphatic heterocycles. The van der Waals surface area contributed by atoms with Crippen LogP contribution >= 0.6 is 0 Å². The number of halogens is 2. The first-order valence-corrected chi connectivity index (χ1v) is 5.71.